The van der Waals surface area contributed by atoms with Crippen LogP contribution in [0.1, 0.15) is 19.8 Å². The molecular weight excluding hydrogens is 238 g/mol. The summed E-state index contributed by atoms with van der Waals surface area (Å²) in [6.07, 6.45) is 5.98. The van der Waals surface area contributed by atoms with Crippen LogP contribution in [0.25, 0.3) is 0 Å². The van der Waals surface area contributed by atoms with E-state index in [1.54, 1.807) is 17.1 Å². The van der Waals surface area contributed by atoms with E-state index in [2.05, 4.69) is 30.3 Å². The van der Waals surface area contributed by atoms with Crippen molar-refractivity contribution in [1.82, 2.24) is 15.1 Å². The summed E-state index contributed by atoms with van der Waals surface area (Å²) >= 11 is 0. The first-order valence-corrected chi connectivity index (χ1v) is 7.16. The normalized spacial score (nSPS) is 18.5. The van der Waals surface area contributed by atoms with Gasteiger partial charge in [0.05, 0.1) is 6.54 Å². The van der Waals surface area contributed by atoms with Crippen LogP contribution < -0.4 is 5.32 Å². The molecule has 1 amide bonds. The summed E-state index contributed by atoms with van der Waals surface area (Å²) in [5.41, 5.74) is 0. The third kappa shape index (κ3) is 5.57. The standard InChI is InChI=1S/C15H27N3O/c1-4-10-18(11-5-2)15(19)13-17(6-3)12-14-8-7-9-16-14/h4-5,14,16H,1-2,6-13H2,3H3. The summed E-state index contributed by atoms with van der Waals surface area (Å²) < 4.78 is 0. The Morgan fingerprint density at radius 3 is 2.53 bits per heavy atom. The van der Waals surface area contributed by atoms with Crippen LogP contribution >= 0.6 is 0 Å². The molecule has 0 spiro atoms. The fraction of sp³-hybridized carbons (Fsp3) is 0.667. The van der Waals surface area contributed by atoms with Crippen LogP contribution in [0, 0.1) is 0 Å². The van der Waals surface area contributed by atoms with Crippen LogP contribution in [0.15, 0.2) is 25.3 Å². The Kier molecular flexibility index (Phi) is 7.45. The highest BCUT2D eigenvalue weighted by molar-refractivity contribution is 5.78. The fourth-order valence-corrected chi connectivity index (χ4v) is 2.41. The van der Waals surface area contributed by atoms with Gasteiger partial charge in [-0.05, 0) is 25.9 Å². The highest BCUT2D eigenvalue weighted by Gasteiger charge is 2.20. The van der Waals surface area contributed by atoms with Crippen molar-refractivity contribution in [3.05, 3.63) is 25.3 Å². The molecule has 0 radical (unpaired) electrons. The number of nitrogens with one attached hydrogen (secondary N) is 1. The summed E-state index contributed by atoms with van der Waals surface area (Å²) in [6.45, 7) is 14.1. The van der Waals surface area contributed by atoms with Gasteiger partial charge in [0.25, 0.3) is 0 Å². The maximum absolute atomic E-state index is 12.2. The molecule has 0 aromatic rings. The van der Waals surface area contributed by atoms with Gasteiger partial charge in [0.2, 0.25) is 5.91 Å². The first kappa shape index (κ1) is 15.9. The number of rotatable bonds is 9. The van der Waals surface area contributed by atoms with E-state index >= 15 is 0 Å². The van der Waals surface area contributed by atoms with Gasteiger partial charge in [-0.1, -0.05) is 19.1 Å². The van der Waals surface area contributed by atoms with Gasteiger partial charge in [-0.3, -0.25) is 9.69 Å². The molecule has 108 valence electrons. The predicted octanol–water partition coefficient (Wildman–Crippen LogP) is 1.26. The van der Waals surface area contributed by atoms with Crippen LogP contribution in [0.3, 0.4) is 0 Å². The zero-order valence-corrected chi connectivity index (χ0v) is 12.1. The monoisotopic (exact) mass is 265 g/mol. The molecule has 19 heavy (non-hydrogen) atoms. The van der Waals surface area contributed by atoms with E-state index in [9.17, 15) is 4.79 Å². The predicted molar refractivity (Wildman–Crippen MR) is 80.1 cm³/mol. The summed E-state index contributed by atoms with van der Waals surface area (Å²) in [5, 5.41) is 3.48. The number of likely N-dealkylation sites (N-methyl/N-ethyl adjacent to an activating group) is 1. The van der Waals surface area contributed by atoms with Crippen molar-refractivity contribution in [2.75, 3.05) is 39.3 Å². The molecule has 4 nitrogen and oxygen atoms in total. The number of carbonyl (C=O) groups excluding carboxylic acids is 1. The molecule has 0 saturated carbocycles. The molecule has 1 atom stereocenters. The lowest BCUT2D eigenvalue weighted by atomic mass is 10.2. The molecule has 1 fully saturated rings. The summed E-state index contributed by atoms with van der Waals surface area (Å²) in [4.78, 5) is 16.2. The number of amides is 1. The zero-order valence-electron chi connectivity index (χ0n) is 12.1. The Balaban J connectivity index is 2.44. The molecule has 4 heteroatoms. The first-order valence-electron chi connectivity index (χ1n) is 7.16. The zero-order chi connectivity index (χ0) is 14.1. The molecule has 0 aromatic carbocycles. The SMILES string of the molecule is C=CCN(CC=C)C(=O)CN(CC)CC1CCCN1. The molecule has 0 bridgehead atoms. The van der Waals surface area contributed by atoms with Crippen LogP contribution in [-0.2, 0) is 4.79 Å². The van der Waals surface area contributed by atoms with Crippen molar-refractivity contribution in [2.45, 2.75) is 25.8 Å². The van der Waals surface area contributed by atoms with Crippen molar-refractivity contribution in [1.29, 1.82) is 0 Å². The second-order valence-electron chi connectivity index (χ2n) is 5.00. The van der Waals surface area contributed by atoms with E-state index < -0.39 is 0 Å². The lowest BCUT2D eigenvalue weighted by Crippen LogP contribution is -2.44. The van der Waals surface area contributed by atoms with Crippen LogP contribution in [-0.4, -0.2) is 61.0 Å². The molecule has 1 heterocycles. The van der Waals surface area contributed by atoms with Crippen molar-refractivity contribution in [3.8, 4) is 0 Å². The Bertz CT molecular complexity index is 288. The van der Waals surface area contributed by atoms with E-state index in [1.807, 2.05) is 0 Å². The third-order valence-corrected chi connectivity index (χ3v) is 3.50. The van der Waals surface area contributed by atoms with Crippen LogP contribution in [0.5, 0.6) is 0 Å². The number of hydrogen-bond acceptors (Lipinski definition) is 3. The Hall–Kier alpha value is -1.13. The Morgan fingerprint density at radius 1 is 1.37 bits per heavy atom. The molecule has 1 aliphatic rings. The molecule has 1 unspecified atom stereocenters. The van der Waals surface area contributed by atoms with Crippen LogP contribution in [0.2, 0.25) is 0 Å². The minimum Gasteiger partial charge on any atom is -0.334 e. The Morgan fingerprint density at radius 2 is 2.05 bits per heavy atom. The quantitative estimate of drug-likeness (QED) is 0.638. The molecule has 1 rings (SSSR count). The lowest BCUT2D eigenvalue weighted by Gasteiger charge is -2.27. The maximum atomic E-state index is 12.2. The smallest absolute Gasteiger partial charge is 0.237 e. The van der Waals surface area contributed by atoms with Crippen LogP contribution in [0.4, 0.5) is 0 Å². The average Bonchev–Trinajstić information content (AvgIpc) is 2.90. The van der Waals surface area contributed by atoms with Crippen molar-refractivity contribution >= 4 is 5.91 Å². The van der Waals surface area contributed by atoms with Gasteiger partial charge < -0.3 is 10.2 Å². The second kappa shape index (κ2) is 8.88. The summed E-state index contributed by atoms with van der Waals surface area (Å²) in [7, 11) is 0. The van der Waals surface area contributed by atoms with Crippen molar-refractivity contribution in [3.63, 3.8) is 0 Å². The van der Waals surface area contributed by atoms with Gasteiger partial charge >= 0.3 is 0 Å². The summed E-state index contributed by atoms with van der Waals surface area (Å²) in [5.74, 6) is 0.152. The van der Waals surface area contributed by atoms with E-state index in [0.29, 0.717) is 25.7 Å². The van der Waals surface area contributed by atoms with Gasteiger partial charge in [-0.2, -0.15) is 0 Å². The van der Waals surface area contributed by atoms with Gasteiger partial charge in [-0.25, -0.2) is 0 Å². The highest BCUT2D eigenvalue weighted by Crippen LogP contribution is 2.07. The van der Waals surface area contributed by atoms with E-state index in [0.717, 1.165) is 19.6 Å². The second-order valence-corrected chi connectivity index (χ2v) is 5.00. The maximum Gasteiger partial charge on any atom is 0.237 e. The van der Waals surface area contributed by atoms with E-state index in [-0.39, 0.29) is 5.91 Å². The first-order chi connectivity index (χ1) is 9.21. The van der Waals surface area contributed by atoms with Gasteiger partial charge in [0, 0.05) is 25.7 Å². The number of nitrogens with zero attached hydrogens (tertiary/aromatic N) is 2. The average molecular weight is 265 g/mol. The molecule has 0 aromatic heterocycles. The molecule has 0 aliphatic carbocycles. The number of carbonyl (C=O) groups is 1. The fourth-order valence-electron chi connectivity index (χ4n) is 2.41. The third-order valence-electron chi connectivity index (χ3n) is 3.50. The Labute approximate surface area is 117 Å². The molecule has 1 N–H and O–H groups in total. The molecular formula is C15H27N3O. The van der Waals surface area contributed by atoms with Gasteiger partial charge in [0.15, 0.2) is 0 Å². The van der Waals surface area contributed by atoms with Gasteiger partial charge in [-0.15, -0.1) is 13.2 Å². The topological polar surface area (TPSA) is 35.6 Å². The highest BCUT2D eigenvalue weighted by atomic mass is 16.2. The van der Waals surface area contributed by atoms with E-state index in [4.69, 9.17) is 0 Å². The van der Waals surface area contributed by atoms with Crippen molar-refractivity contribution < 1.29 is 4.79 Å². The van der Waals surface area contributed by atoms with E-state index in [1.165, 1.54) is 12.8 Å². The lowest BCUT2D eigenvalue weighted by molar-refractivity contribution is -0.131. The minimum absolute atomic E-state index is 0.152. The molecule has 1 aliphatic heterocycles. The summed E-state index contributed by atoms with van der Waals surface area (Å²) in [6, 6.07) is 0.542. The minimum atomic E-state index is 0.152. The van der Waals surface area contributed by atoms with Gasteiger partial charge in [0.1, 0.15) is 0 Å². The molecule has 1 saturated heterocycles. The largest absolute Gasteiger partial charge is 0.334 e. The van der Waals surface area contributed by atoms with Crippen molar-refractivity contribution in [2.24, 2.45) is 0 Å². The number of hydrogen-bond donors (Lipinski definition) is 1.